The van der Waals surface area contributed by atoms with Gasteiger partial charge in [-0.3, -0.25) is 0 Å². The molecule has 1 unspecified atom stereocenters. The lowest BCUT2D eigenvalue weighted by molar-refractivity contribution is 0.868. The van der Waals surface area contributed by atoms with E-state index in [1.165, 1.54) is 66.1 Å². The molecule has 0 fully saturated rings. The molecule has 13 aromatic rings. The van der Waals surface area contributed by atoms with Crippen LogP contribution in [0.5, 0.6) is 0 Å². The van der Waals surface area contributed by atoms with Crippen molar-refractivity contribution < 1.29 is 0 Å². The van der Waals surface area contributed by atoms with Crippen LogP contribution in [0, 0.1) is 0 Å². The van der Waals surface area contributed by atoms with Gasteiger partial charge in [-0.05, 0) is 145 Å². The summed E-state index contributed by atoms with van der Waals surface area (Å²) in [7, 11) is 0. The normalized spacial score (nSPS) is 14.4. The number of hydrogen-bond acceptors (Lipinski definition) is 4. The van der Waals surface area contributed by atoms with Gasteiger partial charge >= 0.3 is 0 Å². The lowest BCUT2D eigenvalue weighted by Gasteiger charge is -2.32. The highest BCUT2D eigenvalue weighted by Crippen LogP contribution is 2.51. The molecular weight excluding hydrogens is 945 g/mol. The molecule has 0 N–H and O–H groups in total. The number of rotatable bonds is 6. The first-order valence-corrected chi connectivity index (χ1v) is 27.2. The molecule has 0 spiro atoms. The Hall–Kier alpha value is -9.90. The Morgan fingerprint density at radius 3 is 1.78 bits per heavy atom. The fourth-order valence-electron chi connectivity index (χ4n) is 12.8. The van der Waals surface area contributed by atoms with Crippen molar-refractivity contribution in [3.05, 3.63) is 265 Å². The Balaban J connectivity index is 0.934. The highest BCUT2D eigenvalue weighted by Gasteiger charge is 2.30. The van der Waals surface area contributed by atoms with Crippen molar-refractivity contribution in [3.63, 3.8) is 0 Å². The third-order valence-corrected chi connectivity index (χ3v) is 16.7. The van der Waals surface area contributed by atoms with Crippen molar-refractivity contribution in [1.82, 2.24) is 19.9 Å². The van der Waals surface area contributed by atoms with Gasteiger partial charge in [0.15, 0.2) is 5.82 Å². The number of benzene rings is 10. The third-order valence-electron chi connectivity index (χ3n) is 16.7. The highest BCUT2D eigenvalue weighted by atomic mass is 14.9. The van der Waals surface area contributed by atoms with E-state index in [4.69, 9.17) is 19.9 Å². The van der Waals surface area contributed by atoms with Crippen molar-refractivity contribution in [2.45, 2.75) is 25.2 Å². The van der Waals surface area contributed by atoms with E-state index in [-0.39, 0.29) is 5.92 Å². The van der Waals surface area contributed by atoms with E-state index in [1.807, 2.05) is 12.1 Å². The summed E-state index contributed by atoms with van der Waals surface area (Å²) in [6.07, 6.45) is 14.6. The Kier molecular flexibility index (Phi) is 10.2. The van der Waals surface area contributed by atoms with Crippen LogP contribution in [0.4, 0.5) is 0 Å². The van der Waals surface area contributed by atoms with Gasteiger partial charge in [-0.1, -0.05) is 200 Å². The second kappa shape index (κ2) is 17.9. The SMILES string of the molecule is C1=CCC2C(=C1)c1ccccc1-c1ccc(-c3cc(-c4ccc5c(c4)c4c(c6ccccc65)CCC=C4)c4nc(-c5ccc(-c6ccc7ccccc7n6)cc5)nc(-c5ccc(-c6ccc7ccccc7n6)cc5)c4c3)cc12. The maximum absolute atomic E-state index is 5.68. The fraction of sp³-hybridized carbons (Fsp3) is 0.0541. The molecule has 0 radical (unpaired) electrons. The molecule has 1 atom stereocenters. The van der Waals surface area contributed by atoms with Crippen LogP contribution in [0.3, 0.4) is 0 Å². The predicted molar refractivity (Wildman–Crippen MR) is 325 cm³/mol. The summed E-state index contributed by atoms with van der Waals surface area (Å²) in [5.74, 6) is 0.934. The Morgan fingerprint density at radius 1 is 0.385 bits per heavy atom. The zero-order chi connectivity index (χ0) is 51.3. The minimum Gasteiger partial charge on any atom is -0.248 e. The first kappa shape index (κ1) is 44.4. The van der Waals surface area contributed by atoms with Gasteiger partial charge in [0.2, 0.25) is 0 Å². The molecule has 16 rings (SSSR count). The van der Waals surface area contributed by atoms with Crippen LogP contribution in [0.2, 0.25) is 0 Å². The number of para-hydroxylation sites is 2. The van der Waals surface area contributed by atoms with Gasteiger partial charge in [-0.2, -0.15) is 0 Å². The van der Waals surface area contributed by atoms with Crippen LogP contribution in [0.1, 0.15) is 41.0 Å². The molecule has 3 heterocycles. The van der Waals surface area contributed by atoms with Crippen LogP contribution >= 0.6 is 0 Å². The molecular formula is C74H48N4. The molecule has 0 bridgehead atoms. The van der Waals surface area contributed by atoms with Gasteiger partial charge in [0, 0.05) is 49.9 Å². The number of fused-ring (bicyclic) bond motifs is 15. The van der Waals surface area contributed by atoms with Crippen LogP contribution in [0.25, 0.3) is 144 Å². The largest absolute Gasteiger partial charge is 0.248 e. The first-order valence-electron chi connectivity index (χ1n) is 27.2. The molecule has 3 aromatic heterocycles. The average Bonchev–Trinajstić information content (AvgIpc) is 3.69. The minimum atomic E-state index is 0.273. The van der Waals surface area contributed by atoms with Crippen LogP contribution < -0.4 is 0 Å². The quantitative estimate of drug-likeness (QED) is 0.156. The number of allylic oxidation sites excluding steroid dienone is 5. The average molecular weight is 993 g/mol. The summed E-state index contributed by atoms with van der Waals surface area (Å²) in [6, 6.07) is 79.3. The van der Waals surface area contributed by atoms with E-state index in [0.29, 0.717) is 5.82 Å². The van der Waals surface area contributed by atoms with Gasteiger partial charge in [-0.15, -0.1) is 0 Å². The zero-order valence-electron chi connectivity index (χ0n) is 42.7. The number of aryl methyl sites for hydroxylation is 1. The summed E-state index contributed by atoms with van der Waals surface area (Å²) in [4.78, 5) is 21.4. The molecule has 3 aliphatic carbocycles. The Bertz CT molecular complexity index is 4750. The topological polar surface area (TPSA) is 51.6 Å². The van der Waals surface area contributed by atoms with E-state index >= 15 is 0 Å². The van der Waals surface area contributed by atoms with Crippen molar-refractivity contribution in [2.75, 3.05) is 0 Å². The monoisotopic (exact) mass is 992 g/mol. The van der Waals surface area contributed by atoms with E-state index in [9.17, 15) is 0 Å². The van der Waals surface area contributed by atoms with E-state index in [1.54, 1.807) is 0 Å². The molecule has 0 saturated heterocycles. The van der Waals surface area contributed by atoms with E-state index in [2.05, 4.69) is 237 Å². The predicted octanol–water partition coefficient (Wildman–Crippen LogP) is 19.1. The zero-order valence-corrected chi connectivity index (χ0v) is 42.7. The summed E-state index contributed by atoms with van der Waals surface area (Å²) >= 11 is 0. The standard InChI is InChI=1S/C74H48N4/c1-11-23-68-45(13-1)35-39-70(75-68)47-25-29-49(30-26-47)72-67-44-53(51-33-37-62-58-19-5-3-15-54(58)56-17-7-9-21-60(56)65(62)41-51)43-64(52-34-38-63-59-20-6-4-16-55(59)57-18-8-10-22-61(57)66(63)42-52)73(67)78-74(77-72)50-31-27-48(28-32-50)71-40-36-46-14-2-12-24-69(46)76-71/h1-7,9-17,19-20,22-44,60H,8,18,21H2. The molecule has 78 heavy (non-hydrogen) atoms. The maximum atomic E-state index is 5.68. The lowest BCUT2D eigenvalue weighted by Crippen LogP contribution is -2.11. The second-order valence-corrected chi connectivity index (χ2v) is 21.1. The first-order chi connectivity index (χ1) is 38.6. The molecule has 0 amide bonds. The summed E-state index contributed by atoms with van der Waals surface area (Å²) in [5, 5.41) is 8.40. The summed E-state index contributed by atoms with van der Waals surface area (Å²) in [6.45, 7) is 0. The van der Waals surface area contributed by atoms with Crippen molar-refractivity contribution >= 4 is 65.9 Å². The Labute approximate surface area is 452 Å². The molecule has 10 aromatic carbocycles. The van der Waals surface area contributed by atoms with Gasteiger partial charge < -0.3 is 0 Å². The fourth-order valence-corrected chi connectivity index (χ4v) is 12.8. The van der Waals surface area contributed by atoms with Gasteiger partial charge in [0.1, 0.15) is 0 Å². The Morgan fingerprint density at radius 2 is 1.01 bits per heavy atom. The summed E-state index contributed by atoms with van der Waals surface area (Å²) in [5.41, 5.74) is 23.5. The molecule has 0 saturated carbocycles. The second-order valence-electron chi connectivity index (χ2n) is 21.1. The number of nitrogens with zero attached hydrogens (tertiary/aromatic N) is 4. The van der Waals surface area contributed by atoms with Crippen molar-refractivity contribution in [3.8, 4) is 78.5 Å². The number of pyridine rings is 2. The lowest BCUT2D eigenvalue weighted by atomic mass is 9.72. The van der Waals surface area contributed by atoms with Crippen molar-refractivity contribution in [2.24, 2.45) is 0 Å². The van der Waals surface area contributed by atoms with Gasteiger partial charge in [0.05, 0.1) is 33.6 Å². The van der Waals surface area contributed by atoms with Crippen LogP contribution in [0.15, 0.2) is 243 Å². The molecule has 364 valence electrons. The summed E-state index contributed by atoms with van der Waals surface area (Å²) < 4.78 is 0. The van der Waals surface area contributed by atoms with Crippen LogP contribution in [-0.4, -0.2) is 19.9 Å². The molecule has 4 nitrogen and oxygen atoms in total. The number of hydrogen-bond donors (Lipinski definition) is 0. The minimum absolute atomic E-state index is 0.273. The molecule has 0 aliphatic heterocycles. The van der Waals surface area contributed by atoms with E-state index in [0.717, 1.165) is 108 Å². The smallest absolute Gasteiger partial charge is 0.160 e. The van der Waals surface area contributed by atoms with Gasteiger partial charge in [-0.25, -0.2) is 19.9 Å². The molecule has 3 aliphatic rings. The van der Waals surface area contributed by atoms with Crippen molar-refractivity contribution in [1.29, 1.82) is 0 Å². The third kappa shape index (κ3) is 7.28. The number of aromatic nitrogens is 4. The van der Waals surface area contributed by atoms with Gasteiger partial charge in [0.25, 0.3) is 0 Å². The van der Waals surface area contributed by atoms with Crippen LogP contribution in [-0.2, 0) is 6.42 Å². The maximum Gasteiger partial charge on any atom is 0.160 e. The molecule has 4 heteroatoms. The van der Waals surface area contributed by atoms with E-state index < -0.39 is 0 Å². The highest BCUT2D eigenvalue weighted by molar-refractivity contribution is 6.15.